The fourth-order valence-corrected chi connectivity index (χ4v) is 2.29. The summed E-state index contributed by atoms with van der Waals surface area (Å²) in [7, 11) is 0. The van der Waals surface area contributed by atoms with Crippen molar-refractivity contribution in [1.82, 2.24) is 4.98 Å². The summed E-state index contributed by atoms with van der Waals surface area (Å²) in [5.74, 6) is 0.886. The Morgan fingerprint density at radius 3 is 2.18 bits per heavy atom. The largest absolute Gasteiger partial charge is 0.366 e. The molecule has 2 heteroatoms. The third-order valence-corrected chi connectivity index (χ3v) is 3.41. The van der Waals surface area contributed by atoms with Gasteiger partial charge in [0, 0.05) is 12.7 Å². The topological polar surface area (TPSA) is 24.9 Å². The van der Waals surface area contributed by atoms with Crippen LogP contribution in [0.2, 0.25) is 0 Å². The summed E-state index contributed by atoms with van der Waals surface area (Å²) in [6, 6.07) is 26.7. The summed E-state index contributed by atoms with van der Waals surface area (Å²) >= 11 is 0. The molecule has 0 aliphatic rings. The van der Waals surface area contributed by atoms with Crippen LogP contribution >= 0.6 is 0 Å². The van der Waals surface area contributed by atoms with Crippen LogP contribution in [0.15, 0.2) is 85.1 Å². The Kier molecular flexibility index (Phi) is 4.63. The van der Waals surface area contributed by atoms with Crippen LogP contribution in [0.5, 0.6) is 0 Å². The van der Waals surface area contributed by atoms with Gasteiger partial charge in [0.05, 0.1) is 0 Å². The van der Waals surface area contributed by atoms with Crippen molar-refractivity contribution in [3.8, 4) is 0 Å². The highest BCUT2D eigenvalue weighted by molar-refractivity contribution is 5.83. The van der Waals surface area contributed by atoms with Crippen LogP contribution in [0.3, 0.4) is 0 Å². The van der Waals surface area contributed by atoms with E-state index in [0.29, 0.717) is 0 Å². The number of nitrogens with zero attached hydrogens (tertiary/aromatic N) is 1. The second-order valence-corrected chi connectivity index (χ2v) is 5.01. The van der Waals surface area contributed by atoms with Gasteiger partial charge in [0.2, 0.25) is 0 Å². The van der Waals surface area contributed by atoms with Gasteiger partial charge in [-0.25, -0.2) is 4.98 Å². The number of anilines is 1. The lowest BCUT2D eigenvalue weighted by atomic mass is 10.0. The molecule has 0 aliphatic heterocycles. The van der Waals surface area contributed by atoms with E-state index in [4.69, 9.17) is 0 Å². The quantitative estimate of drug-likeness (QED) is 0.686. The monoisotopic (exact) mass is 286 g/mol. The average Bonchev–Trinajstić information content (AvgIpc) is 2.61. The Morgan fingerprint density at radius 2 is 1.50 bits per heavy atom. The van der Waals surface area contributed by atoms with E-state index < -0.39 is 0 Å². The maximum atomic E-state index is 4.31. The zero-order valence-corrected chi connectivity index (χ0v) is 12.3. The highest BCUT2D eigenvalue weighted by atomic mass is 15.0. The van der Waals surface area contributed by atoms with Gasteiger partial charge in [0.25, 0.3) is 0 Å². The molecule has 0 amide bonds. The molecule has 1 aromatic heterocycles. The van der Waals surface area contributed by atoms with Gasteiger partial charge in [0.1, 0.15) is 5.82 Å². The van der Waals surface area contributed by atoms with E-state index >= 15 is 0 Å². The molecule has 0 aliphatic carbocycles. The predicted molar refractivity (Wildman–Crippen MR) is 93.5 cm³/mol. The molecule has 2 nitrogen and oxygen atoms in total. The highest BCUT2D eigenvalue weighted by Crippen LogP contribution is 2.18. The summed E-state index contributed by atoms with van der Waals surface area (Å²) in [6.07, 6.45) is 4.01. The Labute approximate surface area is 131 Å². The van der Waals surface area contributed by atoms with Crippen molar-refractivity contribution in [1.29, 1.82) is 0 Å². The van der Waals surface area contributed by atoms with E-state index in [2.05, 4.69) is 64.9 Å². The Morgan fingerprint density at radius 1 is 0.818 bits per heavy atom. The minimum absolute atomic E-state index is 0.732. The second-order valence-electron chi connectivity index (χ2n) is 5.01. The number of benzene rings is 2. The molecule has 0 radical (unpaired) electrons. The first-order valence-corrected chi connectivity index (χ1v) is 7.38. The summed E-state index contributed by atoms with van der Waals surface area (Å²) < 4.78 is 0. The molecule has 0 unspecified atom stereocenters. The molecule has 0 atom stereocenters. The molecule has 1 heterocycles. The molecule has 1 N–H and O–H groups in total. The van der Waals surface area contributed by atoms with Gasteiger partial charge in [0.15, 0.2) is 0 Å². The Hall–Kier alpha value is -2.87. The van der Waals surface area contributed by atoms with E-state index in [1.165, 1.54) is 16.7 Å². The van der Waals surface area contributed by atoms with Crippen LogP contribution < -0.4 is 5.32 Å². The molecule has 0 saturated heterocycles. The van der Waals surface area contributed by atoms with Crippen LogP contribution in [0.1, 0.15) is 11.1 Å². The molecule has 0 saturated carbocycles. The van der Waals surface area contributed by atoms with Gasteiger partial charge in [-0.2, -0.15) is 0 Å². The summed E-state index contributed by atoms with van der Waals surface area (Å²) in [4.78, 5) is 4.31. The number of hydrogen-bond acceptors (Lipinski definition) is 2. The lowest BCUT2D eigenvalue weighted by Gasteiger charge is -2.10. The first-order chi connectivity index (χ1) is 10.9. The van der Waals surface area contributed by atoms with Gasteiger partial charge in [-0.1, -0.05) is 66.7 Å². The molecule has 3 aromatic rings. The molecular weight excluding hydrogens is 268 g/mol. The van der Waals surface area contributed by atoms with E-state index in [1.54, 1.807) is 6.20 Å². The molecular formula is C20H18N2. The van der Waals surface area contributed by atoms with Crippen molar-refractivity contribution >= 4 is 17.5 Å². The minimum Gasteiger partial charge on any atom is -0.366 e. The van der Waals surface area contributed by atoms with Crippen LogP contribution in [0, 0.1) is 0 Å². The van der Waals surface area contributed by atoms with Crippen LogP contribution in [0.4, 0.5) is 5.82 Å². The molecule has 108 valence electrons. The standard InChI is InChI=1S/C20H18N2/c1-3-9-17(10-4-1)15-19(18-11-5-2-6-12-18)16-22-20-13-7-8-14-21-20/h1-15H,16H2,(H,21,22)/b19-15-. The third kappa shape index (κ3) is 3.83. The maximum Gasteiger partial charge on any atom is 0.126 e. The van der Waals surface area contributed by atoms with Crippen LogP contribution in [-0.4, -0.2) is 11.5 Å². The zero-order chi connectivity index (χ0) is 15.0. The SMILES string of the molecule is C(=C(\CNc1ccccn1)c1ccccc1)/c1ccccc1. The molecule has 3 rings (SSSR count). The number of nitrogens with one attached hydrogen (secondary N) is 1. The fraction of sp³-hybridized carbons (Fsp3) is 0.0500. The molecule has 0 bridgehead atoms. The van der Waals surface area contributed by atoms with Crippen molar-refractivity contribution in [2.24, 2.45) is 0 Å². The van der Waals surface area contributed by atoms with E-state index in [-0.39, 0.29) is 0 Å². The van der Waals surface area contributed by atoms with Crippen molar-refractivity contribution in [2.45, 2.75) is 0 Å². The Bertz CT molecular complexity index is 719. The molecule has 0 spiro atoms. The van der Waals surface area contributed by atoms with Crippen molar-refractivity contribution in [3.63, 3.8) is 0 Å². The summed E-state index contributed by atoms with van der Waals surface area (Å²) in [5, 5.41) is 3.38. The zero-order valence-electron chi connectivity index (χ0n) is 12.3. The smallest absolute Gasteiger partial charge is 0.126 e. The first-order valence-electron chi connectivity index (χ1n) is 7.38. The van der Waals surface area contributed by atoms with Crippen LogP contribution in [0.25, 0.3) is 11.6 Å². The van der Waals surface area contributed by atoms with Gasteiger partial charge >= 0.3 is 0 Å². The number of hydrogen-bond donors (Lipinski definition) is 1. The number of aromatic nitrogens is 1. The lowest BCUT2D eigenvalue weighted by molar-refractivity contribution is 1.24. The second kappa shape index (κ2) is 7.23. The summed E-state index contributed by atoms with van der Waals surface area (Å²) in [6.45, 7) is 0.732. The maximum absolute atomic E-state index is 4.31. The lowest BCUT2D eigenvalue weighted by Crippen LogP contribution is -2.05. The Balaban J connectivity index is 1.85. The fourth-order valence-electron chi connectivity index (χ4n) is 2.29. The third-order valence-electron chi connectivity index (χ3n) is 3.41. The van der Waals surface area contributed by atoms with Gasteiger partial charge in [-0.05, 0) is 34.9 Å². The predicted octanol–water partition coefficient (Wildman–Crippen LogP) is 4.73. The van der Waals surface area contributed by atoms with Crippen molar-refractivity contribution < 1.29 is 0 Å². The number of rotatable bonds is 5. The molecule has 22 heavy (non-hydrogen) atoms. The van der Waals surface area contributed by atoms with E-state index in [0.717, 1.165) is 12.4 Å². The molecule has 2 aromatic carbocycles. The van der Waals surface area contributed by atoms with Gasteiger partial charge < -0.3 is 5.32 Å². The van der Waals surface area contributed by atoms with Crippen molar-refractivity contribution in [3.05, 3.63) is 96.2 Å². The first kappa shape index (κ1) is 14.1. The van der Waals surface area contributed by atoms with Gasteiger partial charge in [-0.3, -0.25) is 0 Å². The van der Waals surface area contributed by atoms with E-state index in [1.807, 2.05) is 30.3 Å². The van der Waals surface area contributed by atoms with Crippen LogP contribution in [-0.2, 0) is 0 Å². The van der Waals surface area contributed by atoms with Crippen molar-refractivity contribution in [2.75, 3.05) is 11.9 Å². The highest BCUT2D eigenvalue weighted by Gasteiger charge is 2.02. The van der Waals surface area contributed by atoms with Gasteiger partial charge in [-0.15, -0.1) is 0 Å². The summed E-state index contributed by atoms with van der Waals surface area (Å²) in [5.41, 5.74) is 3.65. The minimum atomic E-state index is 0.732. The molecule has 0 fully saturated rings. The number of pyridine rings is 1. The average molecular weight is 286 g/mol. The van der Waals surface area contributed by atoms with E-state index in [9.17, 15) is 0 Å². The normalized spacial score (nSPS) is 11.2.